The summed E-state index contributed by atoms with van der Waals surface area (Å²) in [6.07, 6.45) is 0.698. The van der Waals surface area contributed by atoms with Crippen molar-refractivity contribution < 1.29 is 14.6 Å². The zero-order valence-corrected chi connectivity index (χ0v) is 11.0. The average molecular weight is 231 g/mol. The summed E-state index contributed by atoms with van der Waals surface area (Å²) in [7, 11) is 1.38. The molecule has 0 saturated heterocycles. The second-order valence-corrected chi connectivity index (χ2v) is 5.51. The minimum Gasteiger partial charge on any atom is -0.469 e. The van der Waals surface area contributed by atoms with E-state index in [-0.39, 0.29) is 23.5 Å². The molecule has 2 N–H and O–H groups in total. The highest BCUT2D eigenvalue weighted by Gasteiger charge is 2.17. The number of carbonyl (C=O) groups is 1. The molecule has 0 spiro atoms. The van der Waals surface area contributed by atoms with Gasteiger partial charge in [0, 0.05) is 12.6 Å². The van der Waals surface area contributed by atoms with Crippen LogP contribution in [0.1, 0.15) is 40.5 Å². The van der Waals surface area contributed by atoms with Crippen LogP contribution in [-0.2, 0) is 9.53 Å². The number of nitrogens with one attached hydrogen (secondary N) is 1. The second kappa shape index (κ2) is 6.86. The summed E-state index contributed by atoms with van der Waals surface area (Å²) in [5.41, 5.74) is 0.118. The fraction of sp³-hybridized carbons (Fsp3) is 0.917. The first-order valence-electron chi connectivity index (χ1n) is 5.73. The predicted molar refractivity (Wildman–Crippen MR) is 64.2 cm³/mol. The molecule has 16 heavy (non-hydrogen) atoms. The number of hydrogen-bond acceptors (Lipinski definition) is 4. The Labute approximate surface area is 98.4 Å². The van der Waals surface area contributed by atoms with Gasteiger partial charge in [0.15, 0.2) is 0 Å². The molecule has 2 atom stereocenters. The van der Waals surface area contributed by atoms with Crippen LogP contribution in [0.3, 0.4) is 0 Å². The van der Waals surface area contributed by atoms with Crippen molar-refractivity contribution in [1.29, 1.82) is 0 Å². The summed E-state index contributed by atoms with van der Waals surface area (Å²) in [6.45, 7) is 8.69. The van der Waals surface area contributed by atoms with E-state index in [4.69, 9.17) is 0 Å². The lowest BCUT2D eigenvalue weighted by Crippen LogP contribution is -2.36. The van der Waals surface area contributed by atoms with Crippen LogP contribution in [0.25, 0.3) is 0 Å². The Kier molecular flexibility index (Phi) is 6.60. The van der Waals surface area contributed by atoms with Crippen LogP contribution in [0.4, 0.5) is 0 Å². The van der Waals surface area contributed by atoms with Gasteiger partial charge in [-0.3, -0.25) is 4.79 Å². The SMILES string of the molecule is COC(=O)CC(C)NCC(O)CC(C)(C)C. The number of aliphatic hydroxyl groups excluding tert-OH is 1. The molecule has 0 aliphatic rings. The van der Waals surface area contributed by atoms with E-state index in [0.717, 1.165) is 6.42 Å². The van der Waals surface area contributed by atoms with Gasteiger partial charge in [0.05, 0.1) is 19.6 Å². The molecular weight excluding hydrogens is 206 g/mol. The van der Waals surface area contributed by atoms with Crippen LogP contribution in [0.2, 0.25) is 0 Å². The quantitative estimate of drug-likeness (QED) is 0.677. The molecule has 0 aliphatic carbocycles. The minimum absolute atomic E-state index is 0.0297. The topological polar surface area (TPSA) is 58.6 Å². The van der Waals surface area contributed by atoms with Crippen molar-refractivity contribution in [3.05, 3.63) is 0 Å². The number of methoxy groups -OCH3 is 1. The molecule has 0 amide bonds. The number of rotatable bonds is 6. The molecule has 0 aromatic rings. The third-order valence-corrected chi connectivity index (χ3v) is 2.25. The molecule has 0 saturated carbocycles. The van der Waals surface area contributed by atoms with Gasteiger partial charge in [0.1, 0.15) is 0 Å². The van der Waals surface area contributed by atoms with Gasteiger partial charge in [-0.05, 0) is 18.8 Å². The van der Waals surface area contributed by atoms with Crippen LogP contribution < -0.4 is 5.32 Å². The van der Waals surface area contributed by atoms with E-state index in [0.29, 0.717) is 13.0 Å². The lowest BCUT2D eigenvalue weighted by atomic mass is 9.89. The van der Waals surface area contributed by atoms with E-state index in [1.807, 2.05) is 6.92 Å². The summed E-state index contributed by atoms with van der Waals surface area (Å²) >= 11 is 0. The number of hydrogen-bond donors (Lipinski definition) is 2. The third-order valence-electron chi connectivity index (χ3n) is 2.25. The number of ether oxygens (including phenoxy) is 1. The molecule has 0 radical (unpaired) electrons. The lowest BCUT2D eigenvalue weighted by Gasteiger charge is -2.23. The summed E-state index contributed by atoms with van der Waals surface area (Å²) in [5.74, 6) is -0.231. The normalized spacial score (nSPS) is 15.6. The minimum atomic E-state index is -0.375. The smallest absolute Gasteiger partial charge is 0.307 e. The van der Waals surface area contributed by atoms with Gasteiger partial charge in [-0.15, -0.1) is 0 Å². The number of carbonyl (C=O) groups excluding carboxylic acids is 1. The average Bonchev–Trinajstić information content (AvgIpc) is 2.12. The first-order chi connectivity index (χ1) is 7.24. The van der Waals surface area contributed by atoms with Gasteiger partial charge in [0.2, 0.25) is 0 Å². The Morgan fingerprint density at radius 2 is 2.00 bits per heavy atom. The first kappa shape index (κ1) is 15.4. The van der Waals surface area contributed by atoms with Gasteiger partial charge >= 0.3 is 5.97 Å². The second-order valence-electron chi connectivity index (χ2n) is 5.51. The monoisotopic (exact) mass is 231 g/mol. The van der Waals surface area contributed by atoms with Crippen LogP contribution >= 0.6 is 0 Å². The highest BCUT2D eigenvalue weighted by atomic mass is 16.5. The van der Waals surface area contributed by atoms with Crippen molar-refractivity contribution in [2.45, 2.75) is 52.7 Å². The van der Waals surface area contributed by atoms with Crippen molar-refractivity contribution in [3.8, 4) is 0 Å². The molecule has 0 fully saturated rings. The Morgan fingerprint density at radius 1 is 1.44 bits per heavy atom. The zero-order valence-electron chi connectivity index (χ0n) is 11.0. The standard InChI is InChI=1S/C12H25NO3/c1-9(6-11(15)16-5)13-8-10(14)7-12(2,3)4/h9-10,13-14H,6-8H2,1-5H3. The Balaban J connectivity index is 3.75. The zero-order chi connectivity index (χ0) is 12.8. The molecule has 0 heterocycles. The van der Waals surface area contributed by atoms with Crippen LogP contribution in [0.5, 0.6) is 0 Å². The molecule has 0 rings (SSSR count). The molecule has 0 bridgehead atoms. The third kappa shape index (κ3) is 8.68. The molecular formula is C12H25NO3. The molecule has 2 unspecified atom stereocenters. The summed E-state index contributed by atoms with van der Waals surface area (Å²) < 4.78 is 4.57. The van der Waals surface area contributed by atoms with Gasteiger partial charge in [-0.2, -0.15) is 0 Å². The van der Waals surface area contributed by atoms with E-state index in [1.54, 1.807) is 0 Å². The summed E-state index contributed by atoms with van der Waals surface area (Å²) in [5, 5.41) is 12.9. The van der Waals surface area contributed by atoms with Crippen LogP contribution in [0, 0.1) is 5.41 Å². The first-order valence-corrected chi connectivity index (χ1v) is 5.73. The van der Waals surface area contributed by atoms with Crippen molar-refractivity contribution in [3.63, 3.8) is 0 Å². The fourth-order valence-electron chi connectivity index (χ4n) is 1.52. The summed E-state index contributed by atoms with van der Waals surface area (Å²) in [6, 6.07) is 0.0297. The Morgan fingerprint density at radius 3 is 2.44 bits per heavy atom. The molecule has 96 valence electrons. The van der Waals surface area contributed by atoms with Crippen molar-refractivity contribution >= 4 is 5.97 Å². The molecule has 0 aromatic heterocycles. The number of aliphatic hydroxyl groups is 1. The van der Waals surface area contributed by atoms with E-state index in [1.165, 1.54) is 7.11 Å². The van der Waals surface area contributed by atoms with Crippen molar-refractivity contribution in [1.82, 2.24) is 5.32 Å². The van der Waals surface area contributed by atoms with E-state index >= 15 is 0 Å². The van der Waals surface area contributed by atoms with E-state index in [2.05, 4.69) is 30.8 Å². The molecule has 0 aromatic carbocycles. The fourth-order valence-corrected chi connectivity index (χ4v) is 1.52. The number of esters is 1. The maximum Gasteiger partial charge on any atom is 0.307 e. The largest absolute Gasteiger partial charge is 0.469 e. The van der Waals surface area contributed by atoms with Gasteiger partial charge in [-0.1, -0.05) is 20.8 Å². The highest BCUT2D eigenvalue weighted by molar-refractivity contribution is 5.69. The van der Waals surface area contributed by atoms with Crippen molar-refractivity contribution in [2.75, 3.05) is 13.7 Å². The van der Waals surface area contributed by atoms with Crippen LogP contribution in [-0.4, -0.2) is 36.9 Å². The highest BCUT2D eigenvalue weighted by Crippen LogP contribution is 2.20. The van der Waals surface area contributed by atoms with Gasteiger partial charge in [0.25, 0.3) is 0 Å². The Hall–Kier alpha value is -0.610. The molecule has 0 aliphatic heterocycles. The summed E-state index contributed by atoms with van der Waals surface area (Å²) in [4.78, 5) is 11.0. The molecule has 4 heteroatoms. The molecule has 4 nitrogen and oxygen atoms in total. The Bertz CT molecular complexity index is 211. The van der Waals surface area contributed by atoms with Gasteiger partial charge < -0.3 is 15.2 Å². The van der Waals surface area contributed by atoms with E-state index in [9.17, 15) is 9.90 Å². The maximum atomic E-state index is 11.0. The lowest BCUT2D eigenvalue weighted by molar-refractivity contribution is -0.141. The van der Waals surface area contributed by atoms with Crippen molar-refractivity contribution in [2.24, 2.45) is 5.41 Å². The van der Waals surface area contributed by atoms with E-state index < -0.39 is 0 Å². The van der Waals surface area contributed by atoms with Gasteiger partial charge in [-0.25, -0.2) is 0 Å². The van der Waals surface area contributed by atoms with Crippen LogP contribution in [0.15, 0.2) is 0 Å². The maximum absolute atomic E-state index is 11.0. The predicted octanol–water partition coefficient (Wildman–Crippen LogP) is 1.32.